The van der Waals surface area contributed by atoms with Crippen molar-refractivity contribution in [3.63, 3.8) is 0 Å². The number of amides is 1. The summed E-state index contributed by atoms with van der Waals surface area (Å²) in [5.41, 5.74) is 2.74. The second-order valence-corrected chi connectivity index (χ2v) is 5.60. The van der Waals surface area contributed by atoms with Crippen molar-refractivity contribution >= 4 is 5.91 Å². The Morgan fingerprint density at radius 3 is 2.50 bits per heavy atom. The summed E-state index contributed by atoms with van der Waals surface area (Å²) in [4.78, 5) is 20.3. The first-order chi connectivity index (χ1) is 12.8. The predicted octanol–water partition coefficient (Wildman–Crippen LogP) is 2.85. The van der Waals surface area contributed by atoms with Crippen molar-refractivity contribution in [1.82, 2.24) is 25.0 Å². The minimum Gasteiger partial charge on any atom is -0.344 e. The summed E-state index contributed by atoms with van der Waals surface area (Å²) in [5.74, 6) is -0.105. The maximum atomic E-state index is 12.1. The highest BCUT2D eigenvalue weighted by Crippen LogP contribution is 2.18. The first-order valence-corrected chi connectivity index (χ1v) is 8.04. The van der Waals surface area contributed by atoms with E-state index in [1.165, 1.54) is 0 Å². The monoisotopic (exact) mass is 345 g/mol. The van der Waals surface area contributed by atoms with Gasteiger partial charge in [-0.2, -0.15) is 4.98 Å². The van der Waals surface area contributed by atoms with Crippen molar-refractivity contribution in [2.24, 2.45) is 0 Å². The molecule has 0 bridgehead atoms. The SMILES string of the molecule is O=C(NCc1ccncc1)c1nc(-c2ccc(-n3cccc3)cc2)no1. The van der Waals surface area contributed by atoms with Gasteiger partial charge in [-0.25, -0.2) is 0 Å². The minimum atomic E-state index is -0.412. The standard InChI is InChI=1S/C19H15N5O2/c25-18(21-13-14-7-9-20-10-8-14)19-22-17(23-26-19)15-3-5-16(6-4-15)24-11-1-2-12-24/h1-12H,13H2,(H,21,25). The van der Waals surface area contributed by atoms with E-state index in [4.69, 9.17) is 4.52 Å². The molecule has 3 aromatic heterocycles. The van der Waals surface area contributed by atoms with Gasteiger partial charge >= 0.3 is 11.8 Å². The molecule has 0 unspecified atom stereocenters. The summed E-state index contributed by atoms with van der Waals surface area (Å²) >= 11 is 0. The summed E-state index contributed by atoms with van der Waals surface area (Å²) in [6.45, 7) is 0.366. The molecule has 0 aliphatic carbocycles. The van der Waals surface area contributed by atoms with E-state index in [9.17, 15) is 4.79 Å². The molecule has 0 aliphatic heterocycles. The minimum absolute atomic E-state index is 0.0662. The topological polar surface area (TPSA) is 85.8 Å². The van der Waals surface area contributed by atoms with Crippen LogP contribution in [-0.4, -0.2) is 25.6 Å². The van der Waals surface area contributed by atoms with Gasteiger partial charge in [0.05, 0.1) is 0 Å². The third kappa shape index (κ3) is 3.36. The van der Waals surface area contributed by atoms with Gasteiger partial charge in [0.15, 0.2) is 0 Å². The zero-order chi connectivity index (χ0) is 17.8. The molecule has 0 atom stereocenters. The highest BCUT2D eigenvalue weighted by Gasteiger charge is 2.15. The van der Waals surface area contributed by atoms with Crippen molar-refractivity contribution in [3.05, 3.63) is 84.8 Å². The maximum Gasteiger partial charge on any atom is 0.316 e. The normalized spacial score (nSPS) is 10.6. The summed E-state index contributed by atoms with van der Waals surface area (Å²) in [6.07, 6.45) is 7.27. The number of hydrogen-bond donors (Lipinski definition) is 1. The number of benzene rings is 1. The number of aromatic nitrogens is 4. The Hall–Kier alpha value is -3.74. The molecule has 7 heteroatoms. The van der Waals surface area contributed by atoms with E-state index in [1.807, 2.05) is 65.5 Å². The molecule has 0 fully saturated rings. The molecule has 0 spiro atoms. The van der Waals surface area contributed by atoms with Crippen LogP contribution >= 0.6 is 0 Å². The zero-order valence-electron chi connectivity index (χ0n) is 13.7. The number of nitrogens with zero attached hydrogens (tertiary/aromatic N) is 4. The van der Waals surface area contributed by atoms with Gasteiger partial charge in [0.25, 0.3) is 0 Å². The Bertz CT molecular complexity index is 992. The lowest BCUT2D eigenvalue weighted by Gasteiger charge is -2.02. The largest absolute Gasteiger partial charge is 0.344 e. The van der Waals surface area contributed by atoms with Crippen LogP contribution in [0.2, 0.25) is 0 Å². The van der Waals surface area contributed by atoms with Crippen LogP contribution in [0.25, 0.3) is 17.1 Å². The van der Waals surface area contributed by atoms with E-state index in [-0.39, 0.29) is 5.89 Å². The van der Waals surface area contributed by atoms with Crippen LogP contribution < -0.4 is 5.32 Å². The molecule has 3 heterocycles. The molecule has 1 amide bonds. The van der Waals surface area contributed by atoms with Crippen LogP contribution in [0, 0.1) is 0 Å². The van der Waals surface area contributed by atoms with Crippen LogP contribution in [0.3, 0.4) is 0 Å². The predicted molar refractivity (Wildman–Crippen MR) is 94.5 cm³/mol. The van der Waals surface area contributed by atoms with E-state index < -0.39 is 5.91 Å². The fourth-order valence-electron chi connectivity index (χ4n) is 2.48. The van der Waals surface area contributed by atoms with Crippen molar-refractivity contribution < 1.29 is 9.32 Å². The molecular weight excluding hydrogens is 330 g/mol. The molecule has 0 saturated heterocycles. The fraction of sp³-hybridized carbons (Fsp3) is 0.0526. The number of carbonyl (C=O) groups is 1. The van der Waals surface area contributed by atoms with E-state index >= 15 is 0 Å². The molecule has 1 aromatic carbocycles. The van der Waals surface area contributed by atoms with Crippen molar-refractivity contribution in [2.45, 2.75) is 6.54 Å². The summed E-state index contributed by atoms with van der Waals surface area (Å²) < 4.78 is 7.08. The average molecular weight is 345 g/mol. The second-order valence-electron chi connectivity index (χ2n) is 5.60. The van der Waals surface area contributed by atoms with Gasteiger partial charge in [-0.3, -0.25) is 9.78 Å². The third-order valence-electron chi connectivity index (χ3n) is 3.85. The lowest BCUT2D eigenvalue weighted by molar-refractivity contribution is 0.0907. The van der Waals surface area contributed by atoms with Crippen LogP contribution in [0.5, 0.6) is 0 Å². The summed E-state index contributed by atoms with van der Waals surface area (Å²) in [5, 5.41) is 6.63. The van der Waals surface area contributed by atoms with Crippen LogP contribution in [0.1, 0.15) is 16.2 Å². The zero-order valence-corrected chi connectivity index (χ0v) is 13.7. The highest BCUT2D eigenvalue weighted by atomic mass is 16.5. The summed E-state index contributed by atoms with van der Waals surface area (Å²) in [6, 6.07) is 15.3. The maximum absolute atomic E-state index is 12.1. The van der Waals surface area contributed by atoms with E-state index in [1.54, 1.807) is 12.4 Å². The molecule has 4 aromatic rings. The number of nitrogens with one attached hydrogen (secondary N) is 1. The molecule has 0 radical (unpaired) electrons. The van der Waals surface area contributed by atoms with Crippen molar-refractivity contribution in [1.29, 1.82) is 0 Å². The number of hydrogen-bond acceptors (Lipinski definition) is 5. The van der Waals surface area contributed by atoms with Gasteiger partial charge in [0, 0.05) is 42.6 Å². The van der Waals surface area contributed by atoms with Gasteiger partial charge in [0.2, 0.25) is 5.82 Å². The average Bonchev–Trinajstić information content (AvgIpc) is 3.39. The molecule has 1 N–H and O–H groups in total. The molecule has 4 rings (SSSR count). The molecule has 0 saturated carbocycles. The molecular formula is C19H15N5O2. The molecule has 0 aliphatic rings. The fourth-order valence-corrected chi connectivity index (χ4v) is 2.48. The number of pyridine rings is 1. The Morgan fingerprint density at radius 2 is 1.77 bits per heavy atom. The van der Waals surface area contributed by atoms with E-state index in [2.05, 4.69) is 20.4 Å². The quantitative estimate of drug-likeness (QED) is 0.601. The molecule has 128 valence electrons. The Labute approximate surface area is 149 Å². The van der Waals surface area contributed by atoms with Crippen LogP contribution in [0.15, 0.2) is 77.8 Å². The summed E-state index contributed by atoms with van der Waals surface area (Å²) in [7, 11) is 0. The Balaban J connectivity index is 1.44. The van der Waals surface area contributed by atoms with Gasteiger partial charge in [0.1, 0.15) is 0 Å². The molecule has 26 heavy (non-hydrogen) atoms. The molecule has 7 nitrogen and oxygen atoms in total. The van der Waals surface area contributed by atoms with Crippen LogP contribution in [-0.2, 0) is 6.54 Å². The lowest BCUT2D eigenvalue weighted by Crippen LogP contribution is -2.23. The smallest absolute Gasteiger partial charge is 0.316 e. The van der Waals surface area contributed by atoms with Gasteiger partial charge < -0.3 is 14.4 Å². The van der Waals surface area contributed by atoms with Crippen molar-refractivity contribution in [2.75, 3.05) is 0 Å². The first kappa shape index (κ1) is 15.8. The van der Waals surface area contributed by atoms with Crippen LogP contribution in [0.4, 0.5) is 0 Å². The van der Waals surface area contributed by atoms with E-state index in [0.717, 1.165) is 16.8 Å². The lowest BCUT2D eigenvalue weighted by atomic mass is 10.2. The number of carbonyl (C=O) groups excluding carboxylic acids is 1. The van der Waals surface area contributed by atoms with Gasteiger partial charge in [-0.05, 0) is 54.1 Å². The highest BCUT2D eigenvalue weighted by molar-refractivity contribution is 5.89. The Kier molecular flexibility index (Phi) is 4.26. The number of rotatable bonds is 5. The second kappa shape index (κ2) is 7.02. The van der Waals surface area contributed by atoms with Gasteiger partial charge in [-0.1, -0.05) is 5.16 Å². The Morgan fingerprint density at radius 1 is 1.04 bits per heavy atom. The van der Waals surface area contributed by atoms with Crippen molar-refractivity contribution in [3.8, 4) is 17.1 Å². The first-order valence-electron chi connectivity index (χ1n) is 8.04. The van der Waals surface area contributed by atoms with E-state index in [0.29, 0.717) is 12.4 Å². The van der Waals surface area contributed by atoms with Gasteiger partial charge in [-0.15, -0.1) is 0 Å². The third-order valence-corrected chi connectivity index (χ3v) is 3.85.